The van der Waals surface area contributed by atoms with Gasteiger partial charge in [-0.3, -0.25) is 0 Å². The average Bonchev–Trinajstić information content (AvgIpc) is 2.80. The molecule has 2 N–H and O–H groups in total. The van der Waals surface area contributed by atoms with Gasteiger partial charge in [0.2, 0.25) is 11.8 Å². The summed E-state index contributed by atoms with van der Waals surface area (Å²) in [5.74, 6) is 2.07. The third-order valence-corrected chi connectivity index (χ3v) is 2.77. The van der Waals surface area contributed by atoms with Crippen molar-refractivity contribution in [3.05, 3.63) is 41.1 Å². The van der Waals surface area contributed by atoms with Crippen LogP contribution < -0.4 is 10.5 Å². The molecule has 0 saturated heterocycles. The number of nitrogens with zero attached hydrogens (tertiary/aromatic N) is 2. The van der Waals surface area contributed by atoms with E-state index in [-0.39, 0.29) is 0 Å². The van der Waals surface area contributed by atoms with Crippen LogP contribution in [0.4, 0.5) is 0 Å². The molecule has 2 rings (SSSR count). The summed E-state index contributed by atoms with van der Waals surface area (Å²) in [6.45, 7) is 5.14. The first-order valence-corrected chi connectivity index (χ1v) is 6.40. The standard InChI is InChI=1S/C14H19N3O2/c1-10-3-4-12(11(2)9-10)18-8-6-14-17-16-13(19-14)5-7-15/h3-4,9H,5-8,15H2,1-2H3. The van der Waals surface area contributed by atoms with Crippen LogP contribution in [-0.4, -0.2) is 23.3 Å². The van der Waals surface area contributed by atoms with Gasteiger partial charge in [-0.2, -0.15) is 0 Å². The van der Waals surface area contributed by atoms with E-state index in [9.17, 15) is 0 Å². The largest absolute Gasteiger partial charge is 0.493 e. The Bertz CT molecular complexity index is 537. The van der Waals surface area contributed by atoms with E-state index in [1.54, 1.807) is 0 Å². The third-order valence-electron chi connectivity index (χ3n) is 2.77. The molecule has 0 saturated carbocycles. The Kier molecular flexibility index (Phi) is 4.52. The Morgan fingerprint density at radius 1 is 1.16 bits per heavy atom. The van der Waals surface area contributed by atoms with Crippen molar-refractivity contribution >= 4 is 0 Å². The predicted octanol–water partition coefficient (Wildman–Crippen LogP) is 1.81. The molecule has 19 heavy (non-hydrogen) atoms. The van der Waals surface area contributed by atoms with Crippen molar-refractivity contribution < 1.29 is 9.15 Å². The van der Waals surface area contributed by atoms with Gasteiger partial charge in [0.25, 0.3) is 0 Å². The minimum atomic E-state index is 0.515. The zero-order valence-electron chi connectivity index (χ0n) is 11.3. The van der Waals surface area contributed by atoms with Crippen LogP contribution in [0.1, 0.15) is 22.9 Å². The van der Waals surface area contributed by atoms with Gasteiger partial charge in [-0.25, -0.2) is 0 Å². The maximum atomic E-state index is 5.71. The molecule has 102 valence electrons. The van der Waals surface area contributed by atoms with Crippen LogP contribution in [0.2, 0.25) is 0 Å². The van der Waals surface area contributed by atoms with E-state index in [2.05, 4.69) is 23.2 Å². The first-order valence-electron chi connectivity index (χ1n) is 6.40. The summed E-state index contributed by atoms with van der Waals surface area (Å²) in [5.41, 5.74) is 7.79. The molecule has 0 aliphatic carbocycles. The van der Waals surface area contributed by atoms with Crippen LogP contribution in [0, 0.1) is 13.8 Å². The minimum absolute atomic E-state index is 0.515. The molecule has 0 bridgehead atoms. The molecule has 5 heteroatoms. The van der Waals surface area contributed by atoms with Crippen molar-refractivity contribution in [1.82, 2.24) is 10.2 Å². The van der Waals surface area contributed by atoms with Gasteiger partial charge in [0, 0.05) is 13.0 Å². The summed E-state index contributed by atoms with van der Waals surface area (Å²) in [5, 5.41) is 7.86. The smallest absolute Gasteiger partial charge is 0.219 e. The topological polar surface area (TPSA) is 74.2 Å². The van der Waals surface area contributed by atoms with Crippen LogP contribution in [0.3, 0.4) is 0 Å². The maximum Gasteiger partial charge on any atom is 0.219 e. The number of hydrogen-bond donors (Lipinski definition) is 1. The molecule has 0 unspecified atom stereocenters. The van der Waals surface area contributed by atoms with Gasteiger partial charge in [-0.1, -0.05) is 17.7 Å². The van der Waals surface area contributed by atoms with Gasteiger partial charge in [0.15, 0.2) is 0 Å². The van der Waals surface area contributed by atoms with E-state index in [0.29, 0.717) is 37.8 Å². The van der Waals surface area contributed by atoms with E-state index in [0.717, 1.165) is 11.3 Å². The molecule has 0 aliphatic heterocycles. The Labute approximate surface area is 112 Å². The zero-order chi connectivity index (χ0) is 13.7. The highest BCUT2D eigenvalue weighted by Crippen LogP contribution is 2.18. The van der Waals surface area contributed by atoms with Crippen LogP contribution in [-0.2, 0) is 12.8 Å². The van der Waals surface area contributed by atoms with Crippen LogP contribution in [0.15, 0.2) is 22.6 Å². The molecule has 0 spiro atoms. The predicted molar refractivity (Wildman–Crippen MR) is 72.2 cm³/mol. The molecule has 0 amide bonds. The highest BCUT2D eigenvalue weighted by atomic mass is 16.5. The van der Waals surface area contributed by atoms with Crippen molar-refractivity contribution in [1.29, 1.82) is 0 Å². The summed E-state index contributed by atoms with van der Waals surface area (Å²) in [6, 6.07) is 6.12. The molecule has 0 aliphatic rings. The second-order valence-corrected chi connectivity index (χ2v) is 4.50. The monoisotopic (exact) mass is 261 g/mol. The quantitative estimate of drug-likeness (QED) is 0.858. The van der Waals surface area contributed by atoms with Crippen LogP contribution >= 0.6 is 0 Å². The number of aryl methyl sites for hydroxylation is 2. The molecule has 0 atom stereocenters. The van der Waals surface area contributed by atoms with Gasteiger partial charge < -0.3 is 14.9 Å². The Hall–Kier alpha value is -1.88. The molecule has 5 nitrogen and oxygen atoms in total. The lowest BCUT2D eigenvalue weighted by atomic mass is 10.1. The lowest BCUT2D eigenvalue weighted by Crippen LogP contribution is -2.03. The molecule has 0 fully saturated rings. The van der Waals surface area contributed by atoms with Crippen molar-refractivity contribution in [3.8, 4) is 5.75 Å². The average molecular weight is 261 g/mol. The van der Waals surface area contributed by atoms with Gasteiger partial charge in [-0.15, -0.1) is 10.2 Å². The van der Waals surface area contributed by atoms with Crippen molar-refractivity contribution in [2.75, 3.05) is 13.2 Å². The Morgan fingerprint density at radius 2 is 1.89 bits per heavy atom. The molecule has 1 aromatic heterocycles. The van der Waals surface area contributed by atoms with Gasteiger partial charge in [0.05, 0.1) is 13.0 Å². The summed E-state index contributed by atoms with van der Waals surface area (Å²) in [6.07, 6.45) is 1.22. The van der Waals surface area contributed by atoms with Crippen molar-refractivity contribution in [2.24, 2.45) is 5.73 Å². The Balaban J connectivity index is 1.85. The number of ether oxygens (including phenoxy) is 1. The number of benzene rings is 1. The Morgan fingerprint density at radius 3 is 2.58 bits per heavy atom. The van der Waals surface area contributed by atoms with E-state index in [4.69, 9.17) is 14.9 Å². The van der Waals surface area contributed by atoms with Crippen LogP contribution in [0.5, 0.6) is 5.75 Å². The van der Waals surface area contributed by atoms with Crippen molar-refractivity contribution in [3.63, 3.8) is 0 Å². The third kappa shape index (κ3) is 3.79. The summed E-state index contributed by atoms with van der Waals surface area (Å²) in [4.78, 5) is 0. The molecule has 0 radical (unpaired) electrons. The van der Waals surface area contributed by atoms with Gasteiger partial charge in [0.1, 0.15) is 5.75 Å². The fraction of sp³-hybridized carbons (Fsp3) is 0.429. The van der Waals surface area contributed by atoms with Crippen LogP contribution in [0.25, 0.3) is 0 Å². The fourth-order valence-electron chi connectivity index (χ4n) is 1.82. The van der Waals surface area contributed by atoms with E-state index < -0.39 is 0 Å². The summed E-state index contributed by atoms with van der Waals surface area (Å²) < 4.78 is 11.1. The normalized spacial score (nSPS) is 10.7. The second kappa shape index (κ2) is 6.33. The van der Waals surface area contributed by atoms with E-state index in [1.165, 1.54) is 5.56 Å². The van der Waals surface area contributed by atoms with Crippen molar-refractivity contribution in [2.45, 2.75) is 26.7 Å². The van der Waals surface area contributed by atoms with Gasteiger partial charge in [-0.05, 0) is 25.5 Å². The molecule has 2 aromatic rings. The maximum absolute atomic E-state index is 5.71. The highest BCUT2D eigenvalue weighted by molar-refractivity contribution is 5.35. The SMILES string of the molecule is Cc1ccc(OCCc2nnc(CCN)o2)c(C)c1. The molecule has 1 aromatic carbocycles. The number of aromatic nitrogens is 2. The number of rotatable bonds is 6. The lowest BCUT2D eigenvalue weighted by Gasteiger charge is -2.08. The number of nitrogens with two attached hydrogens (primary N) is 1. The highest BCUT2D eigenvalue weighted by Gasteiger charge is 2.06. The fourth-order valence-corrected chi connectivity index (χ4v) is 1.82. The zero-order valence-corrected chi connectivity index (χ0v) is 11.3. The second-order valence-electron chi connectivity index (χ2n) is 4.50. The van der Waals surface area contributed by atoms with E-state index in [1.807, 2.05) is 19.1 Å². The number of hydrogen-bond acceptors (Lipinski definition) is 5. The summed E-state index contributed by atoms with van der Waals surface area (Å²) >= 11 is 0. The summed E-state index contributed by atoms with van der Waals surface area (Å²) in [7, 11) is 0. The minimum Gasteiger partial charge on any atom is -0.493 e. The molecular weight excluding hydrogens is 242 g/mol. The molecular formula is C14H19N3O2. The molecule has 1 heterocycles. The first kappa shape index (κ1) is 13.5. The first-order chi connectivity index (χ1) is 9.19. The lowest BCUT2D eigenvalue weighted by molar-refractivity contribution is 0.302. The van der Waals surface area contributed by atoms with Gasteiger partial charge >= 0.3 is 0 Å². The van der Waals surface area contributed by atoms with E-state index >= 15 is 0 Å².